The Morgan fingerprint density at radius 2 is 1.82 bits per heavy atom. The number of carboxylic acid groups (broad SMARTS) is 1. The van der Waals surface area contributed by atoms with Crippen LogP contribution >= 0.6 is 11.6 Å². The molecule has 2 saturated heterocycles. The van der Waals surface area contributed by atoms with Gasteiger partial charge in [-0.15, -0.1) is 0 Å². The Morgan fingerprint density at radius 1 is 1.05 bits per heavy atom. The van der Waals surface area contributed by atoms with Crippen molar-refractivity contribution >= 4 is 29.4 Å². The number of carbonyl (C=O) groups is 2. The van der Waals surface area contributed by atoms with Crippen molar-refractivity contribution in [1.29, 1.82) is 0 Å². The molecule has 9 heteroatoms. The second-order valence-corrected chi connectivity index (χ2v) is 10.6. The number of halogens is 1. The Kier molecular flexibility index (Phi) is 8.31. The zero-order chi connectivity index (χ0) is 27.4. The van der Waals surface area contributed by atoms with E-state index in [1.807, 2.05) is 53.4 Å². The Labute approximate surface area is 233 Å². The Bertz CT molecular complexity index is 1350. The number of aromatic nitrogens is 2. The predicted molar refractivity (Wildman–Crippen MR) is 150 cm³/mol. The van der Waals surface area contributed by atoms with Crippen LogP contribution in [0, 0.1) is 5.92 Å². The van der Waals surface area contributed by atoms with Crippen LogP contribution in [-0.2, 0) is 24.1 Å². The van der Waals surface area contributed by atoms with Crippen LogP contribution in [0.15, 0.2) is 54.7 Å². The molecule has 0 saturated carbocycles. The summed E-state index contributed by atoms with van der Waals surface area (Å²) < 4.78 is 5.47. The molecule has 0 aliphatic carbocycles. The topological polar surface area (TPSA) is 95.9 Å². The number of aromatic carboxylic acids is 1. The number of carboxylic acids is 1. The van der Waals surface area contributed by atoms with Crippen molar-refractivity contribution in [3.05, 3.63) is 82.1 Å². The van der Waals surface area contributed by atoms with E-state index in [4.69, 9.17) is 21.3 Å². The van der Waals surface area contributed by atoms with Gasteiger partial charge in [0.15, 0.2) is 0 Å². The number of carbonyl (C=O) groups excluding carboxylic acids is 1. The third kappa shape index (κ3) is 6.01. The van der Waals surface area contributed by atoms with Crippen molar-refractivity contribution in [2.45, 2.75) is 44.6 Å². The molecule has 204 valence electrons. The summed E-state index contributed by atoms with van der Waals surface area (Å²) in [6.45, 7) is 2.09. The molecule has 2 atom stereocenters. The van der Waals surface area contributed by atoms with E-state index in [1.54, 1.807) is 7.11 Å². The minimum Gasteiger partial charge on any atom is -0.496 e. The van der Waals surface area contributed by atoms with Crippen LogP contribution in [0.1, 0.15) is 46.4 Å². The molecule has 2 aliphatic heterocycles. The van der Waals surface area contributed by atoms with Crippen molar-refractivity contribution < 1.29 is 19.4 Å². The van der Waals surface area contributed by atoms with Crippen LogP contribution in [0.4, 0.5) is 5.95 Å². The lowest BCUT2D eigenvalue weighted by atomic mass is 9.98. The van der Waals surface area contributed by atoms with E-state index >= 15 is 0 Å². The number of fused-ring (bicyclic) bond motifs is 1. The lowest BCUT2D eigenvalue weighted by Gasteiger charge is -2.30. The van der Waals surface area contributed by atoms with Gasteiger partial charge in [-0.1, -0.05) is 54.4 Å². The molecule has 1 N–H and O–H groups in total. The Balaban J connectivity index is 1.35. The summed E-state index contributed by atoms with van der Waals surface area (Å²) in [5.74, 6) is 0.598. The molecule has 2 fully saturated rings. The van der Waals surface area contributed by atoms with Gasteiger partial charge in [-0.25, -0.2) is 14.8 Å². The maximum Gasteiger partial charge on any atom is 0.339 e. The van der Waals surface area contributed by atoms with Gasteiger partial charge in [-0.05, 0) is 49.3 Å². The minimum absolute atomic E-state index is 0.0593. The van der Waals surface area contributed by atoms with Gasteiger partial charge in [-0.3, -0.25) is 4.79 Å². The van der Waals surface area contributed by atoms with Crippen molar-refractivity contribution in [1.82, 2.24) is 14.9 Å². The number of nitrogens with zero attached hydrogens (tertiary/aromatic N) is 4. The molecule has 2 unspecified atom stereocenters. The van der Waals surface area contributed by atoms with E-state index < -0.39 is 5.97 Å². The maximum atomic E-state index is 13.5. The van der Waals surface area contributed by atoms with Crippen LogP contribution in [0.2, 0.25) is 5.02 Å². The maximum absolute atomic E-state index is 13.5. The molecule has 0 spiro atoms. The Hall–Kier alpha value is -3.65. The zero-order valence-electron chi connectivity index (χ0n) is 22.1. The van der Waals surface area contributed by atoms with E-state index in [1.165, 1.54) is 6.20 Å². The molecule has 8 nitrogen and oxygen atoms in total. The van der Waals surface area contributed by atoms with Crippen LogP contribution in [0.5, 0.6) is 5.75 Å². The highest BCUT2D eigenvalue weighted by Crippen LogP contribution is 2.33. The lowest BCUT2D eigenvalue weighted by molar-refractivity contribution is -0.132. The number of hydrogen-bond donors (Lipinski definition) is 1. The number of ether oxygens (including phenoxy) is 1. The van der Waals surface area contributed by atoms with Gasteiger partial charge in [0.25, 0.3) is 0 Å². The van der Waals surface area contributed by atoms with E-state index in [0.717, 1.165) is 49.2 Å². The lowest BCUT2D eigenvalue weighted by Crippen LogP contribution is -2.45. The highest BCUT2D eigenvalue weighted by molar-refractivity contribution is 6.31. The molecular formula is C30H33ClN4O4. The fraction of sp³-hybridized carbons (Fsp3) is 0.400. The van der Waals surface area contributed by atoms with E-state index in [0.29, 0.717) is 48.4 Å². The van der Waals surface area contributed by atoms with Gasteiger partial charge in [-0.2, -0.15) is 0 Å². The van der Waals surface area contributed by atoms with Crippen LogP contribution in [0.3, 0.4) is 0 Å². The molecule has 0 bridgehead atoms. The third-order valence-electron chi connectivity index (χ3n) is 7.84. The quantitative estimate of drug-likeness (QED) is 0.436. The summed E-state index contributed by atoms with van der Waals surface area (Å²) in [6, 6.07) is 15.3. The number of anilines is 1. The Morgan fingerprint density at radius 3 is 2.59 bits per heavy atom. The standard InChI is InChI=1S/C30H33ClN4O4/c1-39-27-12-5-3-9-21(27)16-28(36)35-15-7-6-10-22-18-34(19-26(22)35)30-32-17-23(29(37)38)25(33-30)14-13-20-8-2-4-11-24(20)31/h2-5,8-9,11-12,17,22,26H,6-7,10,13-16,18-19H2,1H3,(H,37,38). The van der Waals surface area contributed by atoms with Crippen LogP contribution in [0.25, 0.3) is 0 Å². The van der Waals surface area contributed by atoms with Crippen molar-refractivity contribution in [3.8, 4) is 5.75 Å². The summed E-state index contributed by atoms with van der Waals surface area (Å²) in [5, 5.41) is 10.4. The predicted octanol–water partition coefficient (Wildman–Crippen LogP) is 4.68. The molecule has 0 radical (unpaired) electrons. The summed E-state index contributed by atoms with van der Waals surface area (Å²) in [5.41, 5.74) is 2.43. The first-order chi connectivity index (χ1) is 18.9. The average molecular weight is 549 g/mol. The molecule has 3 heterocycles. The molecule has 1 aromatic heterocycles. The highest BCUT2D eigenvalue weighted by Gasteiger charge is 2.40. The van der Waals surface area contributed by atoms with Crippen LogP contribution < -0.4 is 9.64 Å². The molecule has 2 aliphatic rings. The van der Waals surface area contributed by atoms with Crippen LogP contribution in [-0.4, -0.2) is 64.6 Å². The van der Waals surface area contributed by atoms with Gasteiger partial charge in [0.2, 0.25) is 11.9 Å². The number of aryl methyl sites for hydroxylation is 2. The number of rotatable bonds is 8. The first-order valence-corrected chi connectivity index (χ1v) is 13.8. The number of hydrogen-bond acceptors (Lipinski definition) is 6. The van der Waals surface area contributed by atoms with E-state index in [9.17, 15) is 14.7 Å². The second-order valence-electron chi connectivity index (χ2n) is 10.2. The summed E-state index contributed by atoms with van der Waals surface area (Å²) in [4.78, 5) is 38.8. The number of amides is 1. The molecule has 5 rings (SSSR count). The number of likely N-dealkylation sites (tertiary alicyclic amines) is 1. The van der Waals surface area contributed by atoms with Gasteiger partial charge in [0, 0.05) is 36.4 Å². The first-order valence-electron chi connectivity index (χ1n) is 13.4. The fourth-order valence-electron chi connectivity index (χ4n) is 5.81. The number of para-hydroxylation sites is 1. The van der Waals surface area contributed by atoms with Crippen molar-refractivity contribution in [2.24, 2.45) is 5.92 Å². The zero-order valence-corrected chi connectivity index (χ0v) is 22.8. The van der Waals surface area contributed by atoms with E-state index in [-0.39, 0.29) is 17.5 Å². The molecule has 39 heavy (non-hydrogen) atoms. The number of methoxy groups -OCH3 is 1. The highest BCUT2D eigenvalue weighted by atomic mass is 35.5. The largest absolute Gasteiger partial charge is 0.496 e. The summed E-state index contributed by atoms with van der Waals surface area (Å²) in [6.07, 6.45) is 5.80. The summed E-state index contributed by atoms with van der Waals surface area (Å²) in [7, 11) is 1.62. The second kappa shape index (κ2) is 12.0. The van der Waals surface area contributed by atoms with Gasteiger partial charge >= 0.3 is 5.97 Å². The normalized spacial score (nSPS) is 18.9. The molecule has 1 amide bonds. The molecule has 2 aromatic carbocycles. The smallest absolute Gasteiger partial charge is 0.339 e. The molecule has 3 aromatic rings. The minimum atomic E-state index is -1.05. The fourth-order valence-corrected chi connectivity index (χ4v) is 6.04. The van der Waals surface area contributed by atoms with Crippen molar-refractivity contribution in [3.63, 3.8) is 0 Å². The van der Waals surface area contributed by atoms with Gasteiger partial charge in [0.1, 0.15) is 5.75 Å². The first kappa shape index (κ1) is 26.9. The monoisotopic (exact) mass is 548 g/mol. The summed E-state index contributed by atoms with van der Waals surface area (Å²) >= 11 is 6.32. The average Bonchev–Trinajstić information content (AvgIpc) is 3.26. The van der Waals surface area contributed by atoms with Crippen molar-refractivity contribution in [2.75, 3.05) is 31.6 Å². The van der Waals surface area contributed by atoms with E-state index in [2.05, 4.69) is 9.88 Å². The van der Waals surface area contributed by atoms with Gasteiger partial charge < -0.3 is 19.6 Å². The SMILES string of the molecule is COc1ccccc1CC(=O)N1CCCCC2CN(c3ncc(C(=O)O)c(CCc4ccccc4Cl)n3)CC21. The third-order valence-corrected chi connectivity index (χ3v) is 8.21. The molecular weight excluding hydrogens is 516 g/mol. The number of benzene rings is 2. The van der Waals surface area contributed by atoms with Gasteiger partial charge in [0.05, 0.1) is 30.8 Å².